The van der Waals surface area contributed by atoms with Gasteiger partial charge in [0.1, 0.15) is 11.8 Å². The maximum atomic E-state index is 12.1. The molecule has 0 saturated carbocycles. The van der Waals surface area contributed by atoms with Gasteiger partial charge in [-0.15, -0.1) is 0 Å². The van der Waals surface area contributed by atoms with Gasteiger partial charge in [0.25, 0.3) is 0 Å². The summed E-state index contributed by atoms with van der Waals surface area (Å²) in [6, 6.07) is 15.6. The van der Waals surface area contributed by atoms with Crippen molar-refractivity contribution in [3.63, 3.8) is 0 Å². The van der Waals surface area contributed by atoms with Crippen LogP contribution in [0.3, 0.4) is 0 Å². The normalized spacial score (nSPS) is 11.6. The van der Waals surface area contributed by atoms with Gasteiger partial charge in [0.15, 0.2) is 5.75 Å². The average Bonchev–Trinajstić information content (AvgIpc) is 2.61. The van der Waals surface area contributed by atoms with Gasteiger partial charge in [0.05, 0.1) is 12.2 Å². The number of ether oxygens (including phenoxy) is 1. The molecule has 6 nitrogen and oxygen atoms in total. The Morgan fingerprint density at radius 3 is 2.44 bits per heavy atom. The van der Waals surface area contributed by atoms with Crippen molar-refractivity contribution < 1.29 is 19.4 Å². The van der Waals surface area contributed by atoms with Gasteiger partial charge in [0, 0.05) is 0 Å². The second-order valence-electron chi connectivity index (χ2n) is 5.52. The monoisotopic (exact) mass is 342 g/mol. The lowest BCUT2D eigenvalue weighted by Crippen LogP contribution is -2.41. The number of amides is 1. The van der Waals surface area contributed by atoms with Crippen LogP contribution in [-0.2, 0) is 9.59 Å². The summed E-state index contributed by atoms with van der Waals surface area (Å²) in [7, 11) is 0. The molecule has 2 aromatic carbocycles. The number of carbonyl (C=O) groups excluding carboxylic acids is 1. The van der Waals surface area contributed by atoms with Crippen molar-refractivity contribution in [1.82, 2.24) is 5.32 Å². The zero-order valence-corrected chi connectivity index (χ0v) is 14.1. The fourth-order valence-corrected chi connectivity index (χ4v) is 2.29. The van der Waals surface area contributed by atoms with Gasteiger partial charge in [-0.05, 0) is 30.7 Å². The van der Waals surface area contributed by atoms with Crippen molar-refractivity contribution in [3.8, 4) is 11.5 Å². The topological polar surface area (TPSA) is 87.7 Å². The Hall–Kier alpha value is -2.86. The maximum Gasteiger partial charge on any atom is 0.320 e. The Balaban J connectivity index is 1.97. The second kappa shape index (κ2) is 9.44. The zero-order chi connectivity index (χ0) is 18.1. The first-order valence-corrected chi connectivity index (χ1v) is 8.18. The number of rotatable bonds is 9. The molecule has 0 saturated heterocycles. The van der Waals surface area contributed by atoms with Crippen LogP contribution in [0.1, 0.15) is 19.8 Å². The zero-order valence-electron chi connectivity index (χ0n) is 14.1. The minimum Gasteiger partial charge on any atom is -0.480 e. The number of hydrogen-bond acceptors (Lipinski definition) is 4. The number of hydrogen-bond donors (Lipinski definition) is 3. The smallest absolute Gasteiger partial charge is 0.320 e. The highest BCUT2D eigenvalue weighted by atomic mass is 16.5. The van der Waals surface area contributed by atoms with E-state index in [-0.39, 0.29) is 12.5 Å². The summed E-state index contributed by atoms with van der Waals surface area (Å²) in [5.74, 6) is -0.101. The van der Waals surface area contributed by atoms with Crippen molar-refractivity contribution >= 4 is 17.6 Å². The van der Waals surface area contributed by atoms with Crippen LogP contribution in [-0.4, -0.2) is 29.6 Å². The molecule has 1 unspecified atom stereocenters. The minimum atomic E-state index is -0.956. The van der Waals surface area contributed by atoms with Crippen molar-refractivity contribution in [2.75, 3.05) is 11.9 Å². The highest BCUT2D eigenvalue weighted by molar-refractivity contribution is 5.94. The number of carbonyl (C=O) groups is 2. The van der Waals surface area contributed by atoms with Crippen LogP contribution in [0.2, 0.25) is 0 Å². The van der Waals surface area contributed by atoms with Gasteiger partial charge in [-0.25, -0.2) is 0 Å². The Labute approximate surface area is 146 Å². The highest BCUT2D eigenvalue weighted by Gasteiger charge is 2.17. The Morgan fingerprint density at radius 2 is 1.76 bits per heavy atom. The average molecular weight is 342 g/mol. The molecule has 0 aliphatic carbocycles. The fraction of sp³-hybridized carbons (Fsp3) is 0.263. The molecule has 25 heavy (non-hydrogen) atoms. The molecule has 0 aromatic heterocycles. The van der Waals surface area contributed by atoms with Gasteiger partial charge < -0.3 is 15.2 Å². The minimum absolute atomic E-state index is 0.0867. The van der Waals surface area contributed by atoms with Crippen molar-refractivity contribution in [1.29, 1.82) is 0 Å². The molecule has 0 heterocycles. The Morgan fingerprint density at radius 1 is 1.08 bits per heavy atom. The molecular formula is C19H22N2O4. The molecule has 0 bridgehead atoms. The van der Waals surface area contributed by atoms with E-state index in [2.05, 4.69) is 10.6 Å². The maximum absolute atomic E-state index is 12.1. The van der Waals surface area contributed by atoms with Crippen LogP contribution in [0.15, 0.2) is 54.6 Å². The molecule has 1 atom stereocenters. The molecule has 0 fully saturated rings. The molecule has 0 aliphatic rings. The summed E-state index contributed by atoms with van der Waals surface area (Å²) in [5.41, 5.74) is 0.528. The number of carboxylic acids is 1. The third-order valence-corrected chi connectivity index (χ3v) is 3.52. The number of carboxylic acid groups (broad SMARTS) is 1. The largest absolute Gasteiger partial charge is 0.480 e. The van der Waals surface area contributed by atoms with Gasteiger partial charge >= 0.3 is 5.97 Å². The molecule has 1 amide bonds. The second-order valence-corrected chi connectivity index (χ2v) is 5.52. The lowest BCUT2D eigenvalue weighted by Gasteiger charge is -2.15. The quantitative estimate of drug-likeness (QED) is 0.651. The van der Waals surface area contributed by atoms with Crippen molar-refractivity contribution in [2.24, 2.45) is 0 Å². The summed E-state index contributed by atoms with van der Waals surface area (Å²) in [4.78, 5) is 23.2. The summed E-state index contributed by atoms with van der Waals surface area (Å²) < 4.78 is 5.78. The third-order valence-electron chi connectivity index (χ3n) is 3.52. The summed E-state index contributed by atoms with van der Waals surface area (Å²) in [5, 5.41) is 14.6. The van der Waals surface area contributed by atoms with E-state index in [0.29, 0.717) is 23.6 Å². The lowest BCUT2D eigenvalue weighted by molar-refractivity contribution is -0.139. The Kier molecular flexibility index (Phi) is 6.98. The molecule has 2 aromatic rings. The van der Waals surface area contributed by atoms with Crippen LogP contribution < -0.4 is 15.4 Å². The van der Waals surface area contributed by atoms with Crippen molar-refractivity contribution in [3.05, 3.63) is 54.6 Å². The van der Waals surface area contributed by atoms with Gasteiger partial charge in [-0.2, -0.15) is 0 Å². The number of anilines is 1. The molecule has 0 radical (unpaired) electrons. The molecule has 3 N–H and O–H groups in total. The summed E-state index contributed by atoms with van der Waals surface area (Å²) in [6.45, 7) is 1.81. The molecule has 0 aliphatic heterocycles. The first-order chi connectivity index (χ1) is 12.1. The predicted molar refractivity (Wildman–Crippen MR) is 95.9 cm³/mol. The van der Waals surface area contributed by atoms with Crippen LogP contribution >= 0.6 is 0 Å². The first-order valence-electron chi connectivity index (χ1n) is 8.18. The summed E-state index contributed by atoms with van der Waals surface area (Å²) >= 11 is 0. The van der Waals surface area contributed by atoms with Crippen LogP contribution in [0.25, 0.3) is 0 Å². The van der Waals surface area contributed by atoms with Crippen molar-refractivity contribution in [2.45, 2.75) is 25.8 Å². The number of para-hydroxylation sites is 3. The van der Waals surface area contributed by atoms with Crippen LogP contribution in [0, 0.1) is 0 Å². The van der Waals surface area contributed by atoms with Gasteiger partial charge in [-0.3, -0.25) is 14.9 Å². The molecule has 0 spiro atoms. The van der Waals surface area contributed by atoms with E-state index < -0.39 is 12.0 Å². The van der Waals surface area contributed by atoms with E-state index in [1.807, 2.05) is 43.3 Å². The van der Waals surface area contributed by atoms with E-state index in [9.17, 15) is 9.59 Å². The number of benzene rings is 2. The molecular weight excluding hydrogens is 320 g/mol. The van der Waals surface area contributed by atoms with Crippen LogP contribution in [0.4, 0.5) is 5.69 Å². The molecule has 2 rings (SSSR count). The first kappa shape index (κ1) is 18.5. The van der Waals surface area contributed by atoms with Crippen LogP contribution in [0.5, 0.6) is 11.5 Å². The number of nitrogens with one attached hydrogen (secondary N) is 2. The van der Waals surface area contributed by atoms with Gasteiger partial charge in [0.2, 0.25) is 5.91 Å². The highest BCUT2D eigenvalue weighted by Crippen LogP contribution is 2.28. The van der Waals surface area contributed by atoms with E-state index >= 15 is 0 Å². The third kappa shape index (κ3) is 5.93. The van der Waals surface area contributed by atoms with E-state index in [1.165, 1.54) is 0 Å². The SMILES string of the molecule is CCCC(NCC(=O)Nc1ccccc1Oc1ccccc1)C(=O)O. The number of aliphatic carboxylic acids is 1. The fourth-order valence-electron chi connectivity index (χ4n) is 2.29. The molecule has 6 heteroatoms. The Bertz CT molecular complexity index is 704. The standard InChI is InChI=1S/C19H22N2O4/c1-2-8-16(19(23)24)20-13-18(22)21-15-11-6-7-12-17(15)25-14-9-4-3-5-10-14/h3-7,9-12,16,20H,2,8,13H2,1H3,(H,21,22)(H,23,24). The van der Waals surface area contributed by atoms with E-state index in [0.717, 1.165) is 6.42 Å². The molecule has 132 valence electrons. The lowest BCUT2D eigenvalue weighted by atomic mass is 10.1. The predicted octanol–water partition coefficient (Wildman–Crippen LogP) is 3.26. The van der Waals surface area contributed by atoms with Gasteiger partial charge in [-0.1, -0.05) is 43.7 Å². The van der Waals surface area contributed by atoms with E-state index in [4.69, 9.17) is 9.84 Å². The van der Waals surface area contributed by atoms with E-state index in [1.54, 1.807) is 18.2 Å². The summed E-state index contributed by atoms with van der Waals surface area (Å²) in [6.07, 6.45) is 1.19.